The van der Waals surface area contributed by atoms with Crippen molar-refractivity contribution in [3.8, 4) is 11.5 Å². The number of ether oxygens (including phenoxy) is 2. The summed E-state index contributed by atoms with van der Waals surface area (Å²) < 4.78 is 12.5. The molecule has 0 atom stereocenters. The number of hydrogen-bond donors (Lipinski definition) is 1. The van der Waals surface area contributed by atoms with Gasteiger partial charge in [-0.1, -0.05) is 31.5 Å². The number of amides is 1. The number of aryl methyl sites for hydroxylation is 1. The molecule has 2 rings (SSSR count). The van der Waals surface area contributed by atoms with E-state index in [4.69, 9.17) is 21.1 Å². The predicted molar refractivity (Wildman–Crippen MR) is 140 cm³/mol. The molecule has 0 saturated heterocycles. The zero-order chi connectivity index (χ0) is 26.2. The molecule has 8 heteroatoms. The third-order valence-corrected chi connectivity index (χ3v) is 6.32. The largest absolute Gasteiger partial charge is 0.488 e. The van der Waals surface area contributed by atoms with Crippen molar-refractivity contribution in [2.75, 3.05) is 6.54 Å². The highest BCUT2D eigenvalue weighted by Gasteiger charge is 2.22. The molecule has 192 valence electrons. The summed E-state index contributed by atoms with van der Waals surface area (Å²) in [5.41, 5.74) is 0.199. The van der Waals surface area contributed by atoms with Gasteiger partial charge in [-0.2, -0.15) is 0 Å². The van der Waals surface area contributed by atoms with Gasteiger partial charge in [0.25, 0.3) is 11.6 Å². The van der Waals surface area contributed by atoms with E-state index >= 15 is 0 Å². The van der Waals surface area contributed by atoms with Gasteiger partial charge in [0.05, 0.1) is 4.92 Å². The van der Waals surface area contributed by atoms with Gasteiger partial charge in [0.2, 0.25) is 0 Å². The summed E-state index contributed by atoms with van der Waals surface area (Å²) >= 11 is 5.83. The minimum absolute atomic E-state index is 0.00229. The number of nitro benzene ring substituents is 1. The maximum Gasteiger partial charge on any atom is 0.283 e. The number of nitro groups is 1. The van der Waals surface area contributed by atoms with Gasteiger partial charge in [-0.25, -0.2) is 0 Å². The number of benzene rings is 2. The third-order valence-electron chi connectivity index (χ3n) is 6.08. The van der Waals surface area contributed by atoms with Gasteiger partial charge in [-0.3, -0.25) is 14.9 Å². The molecule has 1 N–H and O–H groups in total. The number of hydrogen-bond acceptors (Lipinski definition) is 5. The highest BCUT2D eigenvalue weighted by molar-refractivity contribution is 6.31. The van der Waals surface area contributed by atoms with Gasteiger partial charge in [0.15, 0.2) is 0 Å². The molecular weight excluding hydrogens is 468 g/mol. The van der Waals surface area contributed by atoms with Crippen molar-refractivity contribution in [3.05, 3.63) is 62.7 Å². The van der Waals surface area contributed by atoms with Crippen molar-refractivity contribution in [1.82, 2.24) is 5.32 Å². The highest BCUT2D eigenvalue weighted by Crippen LogP contribution is 2.32. The van der Waals surface area contributed by atoms with Gasteiger partial charge in [0.1, 0.15) is 28.3 Å². The Bertz CT molecular complexity index is 1040. The lowest BCUT2D eigenvalue weighted by Gasteiger charge is -2.29. The average molecular weight is 505 g/mol. The average Bonchev–Trinajstić information content (AvgIpc) is 2.79. The van der Waals surface area contributed by atoms with E-state index < -0.39 is 10.8 Å². The van der Waals surface area contributed by atoms with Crippen LogP contribution >= 0.6 is 11.6 Å². The Morgan fingerprint density at radius 2 is 1.66 bits per heavy atom. The monoisotopic (exact) mass is 504 g/mol. The van der Waals surface area contributed by atoms with Gasteiger partial charge in [-0.15, -0.1) is 0 Å². The van der Waals surface area contributed by atoms with Crippen molar-refractivity contribution in [2.45, 2.75) is 84.8 Å². The van der Waals surface area contributed by atoms with Crippen LogP contribution in [0.1, 0.15) is 83.1 Å². The molecule has 0 fully saturated rings. The number of carbonyl (C=O) groups is 1. The van der Waals surface area contributed by atoms with E-state index in [1.165, 1.54) is 18.2 Å². The zero-order valence-corrected chi connectivity index (χ0v) is 22.3. The molecule has 35 heavy (non-hydrogen) atoms. The molecular formula is C27H37ClN2O5. The highest BCUT2D eigenvalue weighted by atomic mass is 35.5. The molecule has 0 radical (unpaired) electrons. The van der Waals surface area contributed by atoms with Gasteiger partial charge >= 0.3 is 0 Å². The first kappa shape index (κ1) is 28.4. The summed E-state index contributed by atoms with van der Waals surface area (Å²) in [4.78, 5) is 23.1. The molecule has 2 aromatic rings. The van der Waals surface area contributed by atoms with E-state index in [9.17, 15) is 14.9 Å². The molecule has 0 bridgehead atoms. The Kier molecular flexibility index (Phi) is 9.95. The van der Waals surface area contributed by atoms with Gasteiger partial charge in [0, 0.05) is 23.7 Å². The molecule has 0 spiro atoms. The van der Waals surface area contributed by atoms with Gasteiger partial charge < -0.3 is 14.8 Å². The molecule has 0 aliphatic rings. The lowest BCUT2D eigenvalue weighted by atomic mass is 10.0. The normalized spacial score (nSPS) is 11.7. The van der Waals surface area contributed by atoms with Crippen LogP contribution in [0.5, 0.6) is 11.5 Å². The van der Waals surface area contributed by atoms with E-state index in [2.05, 4.69) is 46.9 Å². The topological polar surface area (TPSA) is 90.7 Å². The van der Waals surface area contributed by atoms with Crippen molar-refractivity contribution < 1.29 is 19.2 Å². The Morgan fingerprint density at radius 3 is 2.29 bits per heavy atom. The van der Waals surface area contributed by atoms with Crippen LogP contribution < -0.4 is 14.8 Å². The second-order valence-electron chi connectivity index (χ2n) is 9.83. The number of halogens is 1. The minimum Gasteiger partial charge on any atom is -0.488 e. The first-order chi connectivity index (χ1) is 16.4. The molecule has 0 heterocycles. The smallest absolute Gasteiger partial charge is 0.283 e. The number of nitrogens with one attached hydrogen (secondary N) is 1. The maximum atomic E-state index is 12.4. The van der Waals surface area contributed by atoms with E-state index in [1.54, 1.807) is 0 Å². The van der Waals surface area contributed by atoms with E-state index in [-0.39, 0.29) is 27.5 Å². The van der Waals surface area contributed by atoms with E-state index in [1.807, 2.05) is 18.2 Å². The molecule has 0 aliphatic heterocycles. The summed E-state index contributed by atoms with van der Waals surface area (Å²) in [7, 11) is 0. The second-order valence-corrected chi connectivity index (χ2v) is 10.3. The van der Waals surface area contributed by atoms with Crippen LogP contribution in [0.25, 0.3) is 0 Å². The standard InChI is InChI=1S/C27H37ClN2O5/c1-7-26(3,4)34-21-14-12-19(24(18-21)35-27(5,6)8-2)11-9-10-16-29-25(31)22-15-13-20(28)17-23(22)30(32)33/h12-15,17-18H,7-11,16H2,1-6H3,(H,29,31). The number of rotatable bonds is 13. The SMILES string of the molecule is CCC(C)(C)Oc1ccc(CCCCNC(=O)c2ccc(Cl)cc2[N+](=O)[O-])c(OC(C)(C)CC)c1. The Labute approximate surface area is 213 Å². The minimum atomic E-state index is -0.602. The summed E-state index contributed by atoms with van der Waals surface area (Å²) in [5.74, 6) is 1.10. The fraction of sp³-hybridized carbons (Fsp3) is 0.519. The van der Waals surface area contributed by atoms with Crippen molar-refractivity contribution >= 4 is 23.2 Å². The molecule has 0 aromatic heterocycles. The van der Waals surface area contributed by atoms with Crippen LogP contribution in [0.15, 0.2) is 36.4 Å². The third kappa shape index (κ3) is 8.73. The number of carbonyl (C=O) groups excluding carboxylic acids is 1. The van der Waals surface area contributed by atoms with Crippen molar-refractivity contribution in [3.63, 3.8) is 0 Å². The zero-order valence-electron chi connectivity index (χ0n) is 21.6. The van der Waals surface area contributed by atoms with Gasteiger partial charge in [-0.05, 0) is 83.6 Å². The fourth-order valence-corrected chi connectivity index (χ4v) is 3.41. The Balaban J connectivity index is 2.01. The number of unbranched alkanes of at least 4 members (excludes halogenated alkanes) is 1. The van der Waals surface area contributed by atoms with Crippen LogP contribution in [-0.4, -0.2) is 28.6 Å². The summed E-state index contributed by atoms with van der Waals surface area (Å²) in [5, 5.41) is 14.2. The number of nitrogens with zero attached hydrogens (tertiary/aromatic N) is 1. The Hall–Kier alpha value is -2.80. The van der Waals surface area contributed by atoms with Crippen LogP contribution in [0, 0.1) is 10.1 Å². The molecule has 2 aromatic carbocycles. The van der Waals surface area contributed by atoms with Crippen LogP contribution in [0.4, 0.5) is 5.69 Å². The quantitative estimate of drug-likeness (QED) is 0.178. The molecule has 0 unspecified atom stereocenters. The van der Waals surface area contributed by atoms with E-state index in [0.29, 0.717) is 13.0 Å². The summed E-state index contributed by atoms with van der Waals surface area (Å²) in [6.45, 7) is 12.8. The summed E-state index contributed by atoms with van der Waals surface area (Å²) in [6.07, 6.45) is 4.04. The molecule has 7 nitrogen and oxygen atoms in total. The van der Waals surface area contributed by atoms with E-state index in [0.717, 1.165) is 42.7 Å². The molecule has 0 aliphatic carbocycles. The summed E-state index contributed by atoms with van der Waals surface area (Å²) in [6, 6.07) is 10.0. The predicted octanol–water partition coefficient (Wildman–Crippen LogP) is 7.14. The fourth-order valence-electron chi connectivity index (χ4n) is 3.25. The molecule has 0 saturated carbocycles. The maximum absolute atomic E-state index is 12.4. The lowest BCUT2D eigenvalue weighted by molar-refractivity contribution is -0.385. The lowest BCUT2D eigenvalue weighted by Crippen LogP contribution is -2.28. The van der Waals surface area contributed by atoms with Crippen molar-refractivity contribution in [2.24, 2.45) is 0 Å². The Morgan fingerprint density at radius 1 is 1.00 bits per heavy atom. The first-order valence-electron chi connectivity index (χ1n) is 12.1. The first-order valence-corrected chi connectivity index (χ1v) is 12.5. The van der Waals surface area contributed by atoms with Crippen LogP contribution in [-0.2, 0) is 6.42 Å². The van der Waals surface area contributed by atoms with Crippen LogP contribution in [0.2, 0.25) is 5.02 Å². The van der Waals surface area contributed by atoms with Crippen LogP contribution in [0.3, 0.4) is 0 Å². The molecule has 1 amide bonds. The van der Waals surface area contributed by atoms with Crippen molar-refractivity contribution in [1.29, 1.82) is 0 Å². The second kappa shape index (κ2) is 12.2.